The topological polar surface area (TPSA) is 114 Å². The maximum absolute atomic E-state index is 12.2. The standard InChI is InChI=1S/C27H27N7O2S/c1-17-10-11-19(16-23(17)37(4,35)36)30-26-29-15-14-21(32-26)24-20(28-2)12-13-22-25(24)33-27(34(22)3)31-18-8-6-5-7-9-18/h5-16,28H,1-4H3,(H,31,33)(H,29,30,32). The minimum Gasteiger partial charge on any atom is -0.388 e. The highest BCUT2D eigenvalue weighted by Crippen LogP contribution is 2.36. The predicted octanol–water partition coefficient (Wildman–Crippen LogP) is 5.27. The second kappa shape index (κ2) is 9.55. The molecular weight excluding hydrogens is 486 g/mol. The molecule has 10 heteroatoms. The highest BCUT2D eigenvalue weighted by Gasteiger charge is 2.18. The molecule has 0 atom stereocenters. The van der Waals surface area contributed by atoms with Crippen LogP contribution in [0, 0.1) is 6.92 Å². The van der Waals surface area contributed by atoms with Crippen molar-refractivity contribution in [3.63, 3.8) is 0 Å². The number of para-hydroxylation sites is 1. The summed E-state index contributed by atoms with van der Waals surface area (Å²) in [6.45, 7) is 1.77. The van der Waals surface area contributed by atoms with Crippen molar-refractivity contribution in [2.45, 2.75) is 11.8 Å². The number of rotatable bonds is 7. The molecule has 0 aliphatic heterocycles. The van der Waals surface area contributed by atoms with E-state index in [1.54, 1.807) is 31.3 Å². The predicted molar refractivity (Wildman–Crippen MR) is 149 cm³/mol. The Morgan fingerprint density at radius 1 is 0.892 bits per heavy atom. The number of nitrogens with one attached hydrogen (secondary N) is 3. The van der Waals surface area contributed by atoms with Gasteiger partial charge in [0.25, 0.3) is 0 Å². The number of benzene rings is 3. The van der Waals surface area contributed by atoms with Crippen LogP contribution >= 0.6 is 0 Å². The third kappa shape index (κ3) is 4.83. The summed E-state index contributed by atoms with van der Waals surface area (Å²) in [5.74, 6) is 1.05. The molecule has 0 aliphatic rings. The molecule has 2 aromatic heterocycles. The average molecular weight is 514 g/mol. The molecule has 0 fully saturated rings. The first-order valence-corrected chi connectivity index (χ1v) is 13.5. The number of hydrogen-bond donors (Lipinski definition) is 3. The van der Waals surface area contributed by atoms with Gasteiger partial charge in [-0.3, -0.25) is 0 Å². The first-order valence-electron chi connectivity index (χ1n) is 11.6. The summed E-state index contributed by atoms with van der Waals surface area (Å²) in [6, 6.07) is 20.9. The second-order valence-corrected chi connectivity index (χ2v) is 10.7. The van der Waals surface area contributed by atoms with E-state index in [0.29, 0.717) is 28.8 Å². The Balaban J connectivity index is 1.57. The molecule has 188 valence electrons. The van der Waals surface area contributed by atoms with Crippen molar-refractivity contribution in [1.29, 1.82) is 0 Å². The zero-order chi connectivity index (χ0) is 26.2. The fraction of sp³-hybridized carbons (Fsp3) is 0.148. The zero-order valence-electron chi connectivity index (χ0n) is 20.9. The van der Waals surface area contributed by atoms with Crippen molar-refractivity contribution in [3.8, 4) is 11.3 Å². The summed E-state index contributed by atoms with van der Waals surface area (Å²) in [5, 5.41) is 9.77. The molecule has 0 spiro atoms. The van der Waals surface area contributed by atoms with Gasteiger partial charge in [0, 0.05) is 43.6 Å². The van der Waals surface area contributed by atoms with E-state index in [0.717, 1.165) is 28.0 Å². The smallest absolute Gasteiger partial charge is 0.227 e. The van der Waals surface area contributed by atoms with Gasteiger partial charge in [0.2, 0.25) is 11.9 Å². The molecule has 3 N–H and O–H groups in total. The molecule has 0 unspecified atom stereocenters. The van der Waals surface area contributed by atoms with E-state index in [1.165, 1.54) is 6.26 Å². The van der Waals surface area contributed by atoms with Gasteiger partial charge < -0.3 is 20.5 Å². The van der Waals surface area contributed by atoms with Crippen LogP contribution in [0.4, 0.5) is 29.0 Å². The van der Waals surface area contributed by atoms with E-state index in [2.05, 4.69) is 20.9 Å². The number of hydrogen-bond acceptors (Lipinski definition) is 8. The molecule has 9 nitrogen and oxygen atoms in total. The molecule has 0 aliphatic carbocycles. The van der Waals surface area contributed by atoms with Crippen LogP contribution in [0.2, 0.25) is 0 Å². The number of aromatic nitrogens is 4. The number of fused-ring (bicyclic) bond motifs is 1. The van der Waals surface area contributed by atoms with E-state index >= 15 is 0 Å². The van der Waals surface area contributed by atoms with E-state index < -0.39 is 9.84 Å². The first kappa shape index (κ1) is 24.3. The SMILES string of the molecule is CNc1ccc2c(nc(Nc3ccccc3)n2C)c1-c1ccnc(Nc2ccc(C)c(S(C)(=O)=O)c2)n1. The fourth-order valence-corrected chi connectivity index (χ4v) is 5.25. The van der Waals surface area contributed by atoms with Crippen LogP contribution in [-0.2, 0) is 16.9 Å². The lowest BCUT2D eigenvalue weighted by atomic mass is 10.1. The quantitative estimate of drug-likeness (QED) is 0.270. The Kier molecular flexibility index (Phi) is 6.26. The lowest BCUT2D eigenvalue weighted by molar-refractivity contribution is 0.601. The van der Waals surface area contributed by atoms with Crippen molar-refractivity contribution in [2.75, 3.05) is 29.3 Å². The minimum atomic E-state index is -3.36. The van der Waals surface area contributed by atoms with Gasteiger partial charge in [0.05, 0.1) is 21.7 Å². The molecule has 5 rings (SSSR count). The summed E-state index contributed by atoms with van der Waals surface area (Å²) < 4.78 is 26.3. The van der Waals surface area contributed by atoms with Crippen LogP contribution in [0.3, 0.4) is 0 Å². The number of anilines is 5. The summed E-state index contributed by atoms with van der Waals surface area (Å²) in [4.78, 5) is 14.3. The van der Waals surface area contributed by atoms with Crippen LogP contribution < -0.4 is 16.0 Å². The normalized spacial score (nSPS) is 11.5. The molecule has 0 bridgehead atoms. The van der Waals surface area contributed by atoms with Gasteiger partial charge in [-0.2, -0.15) is 0 Å². The van der Waals surface area contributed by atoms with Crippen molar-refractivity contribution in [3.05, 3.63) is 78.5 Å². The number of sulfone groups is 1. The Labute approximate surface area is 215 Å². The average Bonchev–Trinajstić information content (AvgIpc) is 3.19. The molecule has 3 aromatic carbocycles. The summed E-state index contributed by atoms with van der Waals surface area (Å²) in [5.41, 5.74) is 6.32. The van der Waals surface area contributed by atoms with Crippen LogP contribution in [0.25, 0.3) is 22.3 Å². The maximum atomic E-state index is 12.2. The monoisotopic (exact) mass is 513 g/mol. The fourth-order valence-electron chi connectivity index (χ4n) is 4.25. The zero-order valence-corrected chi connectivity index (χ0v) is 21.8. The Hall–Kier alpha value is -4.44. The first-order chi connectivity index (χ1) is 17.7. The van der Waals surface area contributed by atoms with Crippen LogP contribution in [0.5, 0.6) is 0 Å². The van der Waals surface area contributed by atoms with Gasteiger partial charge in [-0.15, -0.1) is 0 Å². The van der Waals surface area contributed by atoms with Crippen molar-refractivity contribution in [2.24, 2.45) is 7.05 Å². The molecule has 37 heavy (non-hydrogen) atoms. The molecule has 0 saturated heterocycles. The summed E-state index contributed by atoms with van der Waals surface area (Å²) >= 11 is 0. The van der Waals surface area contributed by atoms with Gasteiger partial charge in [0.1, 0.15) is 5.52 Å². The Morgan fingerprint density at radius 2 is 1.68 bits per heavy atom. The van der Waals surface area contributed by atoms with Gasteiger partial charge in [0.15, 0.2) is 9.84 Å². The molecule has 0 amide bonds. The highest BCUT2D eigenvalue weighted by atomic mass is 32.2. The number of aryl methyl sites for hydroxylation is 2. The van der Waals surface area contributed by atoms with Crippen molar-refractivity contribution < 1.29 is 8.42 Å². The maximum Gasteiger partial charge on any atom is 0.227 e. The van der Waals surface area contributed by atoms with Crippen LogP contribution in [0.1, 0.15) is 5.56 Å². The number of nitrogens with zero attached hydrogens (tertiary/aromatic N) is 4. The van der Waals surface area contributed by atoms with Gasteiger partial charge in [-0.25, -0.2) is 23.4 Å². The Bertz CT molecular complexity index is 1710. The van der Waals surface area contributed by atoms with Gasteiger partial charge in [-0.05, 0) is 55.0 Å². The van der Waals surface area contributed by atoms with E-state index in [1.807, 2.05) is 67.2 Å². The highest BCUT2D eigenvalue weighted by molar-refractivity contribution is 7.90. The third-order valence-corrected chi connectivity index (χ3v) is 7.35. The van der Waals surface area contributed by atoms with Crippen molar-refractivity contribution in [1.82, 2.24) is 19.5 Å². The largest absolute Gasteiger partial charge is 0.388 e. The molecule has 2 heterocycles. The number of imidazole rings is 1. The molecular formula is C27H27N7O2S. The van der Waals surface area contributed by atoms with Crippen LogP contribution in [0.15, 0.2) is 77.8 Å². The van der Waals surface area contributed by atoms with E-state index in [4.69, 9.17) is 9.97 Å². The molecule has 0 radical (unpaired) electrons. The lowest BCUT2D eigenvalue weighted by Crippen LogP contribution is -2.03. The third-order valence-electron chi connectivity index (χ3n) is 6.11. The van der Waals surface area contributed by atoms with Crippen LogP contribution in [-0.4, -0.2) is 41.2 Å². The molecule has 0 saturated carbocycles. The van der Waals surface area contributed by atoms with E-state index in [9.17, 15) is 8.42 Å². The lowest BCUT2D eigenvalue weighted by Gasteiger charge is -2.12. The molecule has 5 aromatic rings. The van der Waals surface area contributed by atoms with Gasteiger partial charge >= 0.3 is 0 Å². The van der Waals surface area contributed by atoms with Crippen molar-refractivity contribution >= 4 is 49.8 Å². The summed E-state index contributed by atoms with van der Waals surface area (Å²) in [6.07, 6.45) is 2.87. The van der Waals surface area contributed by atoms with E-state index in [-0.39, 0.29) is 4.90 Å². The second-order valence-electron chi connectivity index (χ2n) is 8.73. The summed E-state index contributed by atoms with van der Waals surface area (Å²) in [7, 11) is 0.460. The Morgan fingerprint density at radius 3 is 2.41 bits per heavy atom. The minimum absolute atomic E-state index is 0.267. The van der Waals surface area contributed by atoms with Gasteiger partial charge in [-0.1, -0.05) is 24.3 Å².